The second kappa shape index (κ2) is 5.38. The Hall–Kier alpha value is -1.28. The molecule has 7 heteroatoms. The number of nitrogens with zero attached hydrogens (tertiary/aromatic N) is 2. The van der Waals surface area contributed by atoms with Gasteiger partial charge in [-0.25, -0.2) is 9.78 Å². The van der Waals surface area contributed by atoms with Crippen LogP contribution in [0.25, 0.3) is 5.69 Å². The minimum Gasteiger partial charge on any atom is -0.464 e. The number of carbonyl (C=O) groups is 1. The van der Waals surface area contributed by atoms with Gasteiger partial charge in [0, 0.05) is 8.59 Å². The zero-order valence-electron chi connectivity index (χ0n) is 10.3. The van der Waals surface area contributed by atoms with Crippen molar-refractivity contribution in [3.8, 4) is 5.69 Å². The van der Waals surface area contributed by atoms with Crippen LogP contribution in [0.1, 0.15) is 16.3 Å². The number of ether oxygens (including phenoxy) is 1. The van der Waals surface area contributed by atoms with Crippen LogP contribution in [-0.2, 0) is 4.74 Å². The average molecular weight is 392 g/mol. The molecule has 0 bridgehead atoms. The van der Waals surface area contributed by atoms with E-state index in [-0.39, 0.29) is 11.5 Å². The molecule has 2 aromatic rings. The zero-order valence-corrected chi connectivity index (χ0v) is 13.2. The van der Waals surface area contributed by atoms with E-state index < -0.39 is 5.97 Å². The summed E-state index contributed by atoms with van der Waals surface area (Å²) in [7, 11) is 1.29. The minimum absolute atomic E-state index is 0.116. The lowest BCUT2D eigenvalue weighted by Gasteiger charge is -2.10. The Morgan fingerprint density at radius 3 is 2.79 bits per heavy atom. The van der Waals surface area contributed by atoms with Gasteiger partial charge in [0.2, 0.25) is 0 Å². The van der Waals surface area contributed by atoms with E-state index in [9.17, 15) is 4.79 Å². The highest BCUT2D eigenvalue weighted by molar-refractivity contribution is 14.1. The molecule has 0 amide bonds. The average Bonchev–Trinajstić information content (AvgIpc) is 2.65. The Morgan fingerprint density at radius 2 is 2.21 bits per heavy atom. The van der Waals surface area contributed by atoms with Crippen molar-refractivity contribution in [2.24, 2.45) is 0 Å². The van der Waals surface area contributed by atoms with Crippen molar-refractivity contribution in [3.05, 3.63) is 38.3 Å². The van der Waals surface area contributed by atoms with E-state index in [0.717, 1.165) is 9.26 Å². The van der Waals surface area contributed by atoms with Crippen molar-refractivity contribution in [1.82, 2.24) is 9.55 Å². The van der Waals surface area contributed by atoms with Gasteiger partial charge in [-0.05, 0) is 47.7 Å². The standard InChI is InChI=1S/C12H11ClIN3O2/c1-6-16-10(12(18)19-2)11(15)17(6)9-4-3-7(13)5-8(9)14/h3-5H,15H2,1-2H3. The van der Waals surface area contributed by atoms with Gasteiger partial charge in [0.25, 0.3) is 0 Å². The minimum atomic E-state index is -0.552. The SMILES string of the molecule is COC(=O)c1nc(C)n(-c2ccc(Cl)cc2I)c1N. The van der Waals surface area contributed by atoms with Crippen LogP contribution in [-0.4, -0.2) is 22.6 Å². The number of hydrogen-bond donors (Lipinski definition) is 1. The number of rotatable bonds is 2. The monoisotopic (exact) mass is 391 g/mol. The summed E-state index contributed by atoms with van der Waals surface area (Å²) in [6.07, 6.45) is 0. The number of nitrogen functional groups attached to an aromatic ring is 1. The van der Waals surface area contributed by atoms with Gasteiger partial charge >= 0.3 is 5.97 Å². The smallest absolute Gasteiger partial charge is 0.360 e. The molecule has 0 aliphatic carbocycles. The third-order valence-electron chi connectivity index (χ3n) is 2.61. The number of aromatic nitrogens is 2. The van der Waals surface area contributed by atoms with E-state index in [4.69, 9.17) is 17.3 Å². The Labute approximate surface area is 128 Å². The Morgan fingerprint density at radius 1 is 1.53 bits per heavy atom. The molecule has 0 saturated heterocycles. The quantitative estimate of drug-likeness (QED) is 0.631. The van der Waals surface area contributed by atoms with E-state index >= 15 is 0 Å². The van der Waals surface area contributed by atoms with Crippen molar-refractivity contribution in [2.75, 3.05) is 12.8 Å². The topological polar surface area (TPSA) is 70.1 Å². The van der Waals surface area contributed by atoms with Gasteiger partial charge in [-0.1, -0.05) is 11.6 Å². The number of benzene rings is 1. The third kappa shape index (κ3) is 2.55. The van der Waals surface area contributed by atoms with Crippen molar-refractivity contribution >= 4 is 46.0 Å². The highest BCUT2D eigenvalue weighted by Gasteiger charge is 2.21. The van der Waals surface area contributed by atoms with Crippen LogP contribution in [0.4, 0.5) is 5.82 Å². The van der Waals surface area contributed by atoms with Crippen LogP contribution in [0.3, 0.4) is 0 Å². The maximum Gasteiger partial charge on any atom is 0.360 e. The molecule has 0 unspecified atom stereocenters. The van der Waals surface area contributed by atoms with Crippen molar-refractivity contribution < 1.29 is 9.53 Å². The summed E-state index contributed by atoms with van der Waals surface area (Å²) in [5.41, 5.74) is 6.92. The van der Waals surface area contributed by atoms with E-state index in [1.54, 1.807) is 17.6 Å². The molecule has 1 aromatic heterocycles. The molecule has 0 radical (unpaired) electrons. The molecular formula is C12H11ClIN3O2. The van der Waals surface area contributed by atoms with Gasteiger partial charge in [-0.3, -0.25) is 4.57 Å². The summed E-state index contributed by atoms with van der Waals surface area (Å²) in [6.45, 7) is 1.77. The maximum atomic E-state index is 11.6. The molecule has 19 heavy (non-hydrogen) atoms. The van der Waals surface area contributed by atoms with Crippen LogP contribution in [0, 0.1) is 10.5 Å². The lowest BCUT2D eigenvalue weighted by molar-refractivity contribution is 0.0596. The van der Waals surface area contributed by atoms with Gasteiger partial charge in [0.1, 0.15) is 11.6 Å². The first kappa shape index (κ1) is 14.1. The number of hydrogen-bond acceptors (Lipinski definition) is 4. The number of carbonyl (C=O) groups excluding carboxylic acids is 1. The Bertz CT molecular complexity index is 655. The van der Waals surface area contributed by atoms with Gasteiger partial charge in [-0.15, -0.1) is 0 Å². The second-order valence-corrected chi connectivity index (χ2v) is 5.41. The molecule has 100 valence electrons. The van der Waals surface area contributed by atoms with Gasteiger partial charge in [0.05, 0.1) is 12.8 Å². The zero-order chi connectivity index (χ0) is 14.2. The summed E-state index contributed by atoms with van der Waals surface area (Å²) >= 11 is 8.08. The molecule has 1 heterocycles. The Kier molecular flexibility index (Phi) is 4.00. The van der Waals surface area contributed by atoms with Crippen LogP contribution >= 0.6 is 34.2 Å². The largest absolute Gasteiger partial charge is 0.464 e. The number of methoxy groups -OCH3 is 1. The predicted octanol–water partition coefficient (Wildman–Crippen LogP) is 2.81. The fourth-order valence-corrected chi connectivity index (χ4v) is 2.88. The molecule has 0 atom stereocenters. The second-order valence-electron chi connectivity index (χ2n) is 3.82. The number of aryl methyl sites for hydroxylation is 1. The van der Waals surface area contributed by atoms with E-state index in [1.165, 1.54) is 7.11 Å². The van der Waals surface area contributed by atoms with Crippen LogP contribution < -0.4 is 5.73 Å². The van der Waals surface area contributed by atoms with Gasteiger partial charge in [0.15, 0.2) is 5.69 Å². The first-order valence-corrected chi connectivity index (χ1v) is 6.80. The predicted molar refractivity (Wildman–Crippen MR) is 81.8 cm³/mol. The third-order valence-corrected chi connectivity index (χ3v) is 3.71. The fourth-order valence-electron chi connectivity index (χ4n) is 1.76. The number of esters is 1. The molecule has 0 saturated carbocycles. The van der Waals surface area contributed by atoms with Crippen molar-refractivity contribution in [3.63, 3.8) is 0 Å². The summed E-state index contributed by atoms with van der Waals surface area (Å²) in [5, 5.41) is 0.637. The van der Waals surface area contributed by atoms with Crippen molar-refractivity contribution in [2.45, 2.75) is 6.92 Å². The molecule has 2 rings (SSSR count). The molecule has 1 aromatic carbocycles. The van der Waals surface area contributed by atoms with Crippen LogP contribution in [0.5, 0.6) is 0 Å². The lowest BCUT2D eigenvalue weighted by atomic mass is 10.3. The summed E-state index contributed by atoms with van der Waals surface area (Å²) < 4.78 is 7.26. The molecule has 0 fully saturated rings. The van der Waals surface area contributed by atoms with Gasteiger partial charge < -0.3 is 10.5 Å². The summed E-state index contributed by atoms with van der Waals surface area (Å²) in [4.78, 5) is 15.7. The van der Waals surface area contributed by atoms with E-state index in [0.29, 0.717) is 10.8 Å². The first-order valence-electron chi connectivity index (χ1n) is 5.34. The highest BCUT2D eigenvalue weighted by Crippen LogP contribution is 2.27. The molecular weight excluding hydrogens is 381 g/mol. The van der Waals surface area contributed by atoms with Crippen LogP contribution in [0.2, 0.25) is 5.02 Å². The van der Waals surface area contributed by atoms with E-state index in [1.807, 2.05) is 12.1 Å². The number of imidazole rings is 1. The Balaban J connectivity index is 2.63. The highest BCUT2D eigenvalue weighted by atomic mass is 127. The molecule has 0 aliphatic heterocycles. The van der Waals surface area contributed by atoms with Gasteiger partial charge in [-0.2, -0.15) is 0 Å². The number of nitrogens with two attached hydrogens (primary N) is 1. The number of anilines is 1. The molecule has 0 spiro atoms. The molecule has 5 nitrogen and oxygen atoms in total. The molecule has 0 aliphatic rings. The summed E-state index contributed by atoms with van der Waals surface area (Å²) in [6, 6.07) is 5.40. The maximum absolute atomic E-state index is 11.6. The lowest BCUT2D eigenvalue weighted by Crippen LogP contribution is -2.08. The first-order chi connectivity index (χ1) is 8.95. The normalized spacial score (nSPS) is 10.5. The van der Waals surface area contributed by atoms with E-state index in [2.05, 4.69) is 32.3 Å². The summed E-state index contributed by atoms with van der Waals surface area (Å²) in [5.74, 6) is 0.311. The molecule has 2 N–H and O–H groups in total. The van der Waals surface area contributed by atoms with Crippen molar-refractivity contribution in [1.29, 1.82) is 0 Å². The van der Waals surface area contributed by atoms with Crippen LogP contribution in [0.15, 0.2) is 18.2 Å². The fraction of sp³-hybridized carbons (Fsp3) is 0.167. The number of halogens is 2.